The van der Waals surface area contributed by atoms with Gasteiger partial charge in [0.25, 0.3) is 5.91 Å². The fraction of sp³-hybridized carbons (Fsp3) is 0.105. The number of hydrogen-bond donors (Lipinski definition) is 2. The molecule has 6 nitrogen and oxygen atoms in total. The quantitative estimate of drug-likeness (QED) is 0.754. The highest BCUT2D eigenvalue weighted by atomic mass is 19.1. The summed E-state index contributed by atoms with van der Waals surface area (Å²) >= 11 is 0. The van der Waals surface area contributed by atoms with Crippen LogP contribution in [0.15, 0.2) is 48.7 Å². The Labute approximate surface area is 148 Å². The first-order valence-electron chi connectivity index (χ1n) is 7.85. The first kappa shape index (κ1) is 17.3. The number of hydrogen-bond acceptors (Lipinski definition) is 3. The molecule has 0 fully saturated rings. The van der Waals surface area contributed by atoms with E-state index in [9.17, 15) is 18.8 Å². The topological polar surface area (TPSA) is 80.2 Å². The average Bonchev–Trinajstić information content (AvgIpc) is 2.93. The number of nitrogens with zero attached hydrogens (tertiary/aromatic N) is 1. The molecule has 0 aliphatic carbocycles. The van der Waals surface area contributed by atoms with Crippen LogP contribution >= 0.6 is 0 Å². The van der Waals surface area contributed by atoms with Crippen molar-refractivity contribution in [3.8, 4) is 0 Å². The Balaban J connectivity index is 1.97. The molecule has 0 radical (unpaired) electrons. The van der Waals surface area contributed by atoms with Gasteiger partial charge >= 0.3 is 0 Å². The Morgan fingerprint density at radius 1 is 0.962 bits per heavy atom. The van der Waals surface area contributed by atoms with Gasteiger partial charge in [-0.15, -0.1) is 0 Å². The van der Waals surface area contributed by atoms with E-state index in [2.05, 4.69) is 10.6 Å². The Morgan fingerprint density at radius 2 is 1.65 bits per heavy atom. The molecule has 26 heavy (non-hydrogen) atoms. The molecule has 0 aliphatic heterocycles. The third-order valence-electron chi connectivity index (χ3n) is 3.79. The summed E-state index contributed by atoms with van der Waals surface area (Å²) in [5.74, 6) is -1.50. The molecule has 0 saturated carbocycles. The maximum absolute atomic E-state index is 13.6. The second-order valence-corrected chi connectivity index (χ2v) is 5.81. The number of carbonyl (C=O) groups is 3. The Hall–Kier alpha value is -3.48. The van der Waals surface area contributed by atoms with Gasteiger partial charge in [0.05, 0.1) is 11.1 Å². The lowest BCUT2D eigenvalue weighted by atomic mass is 10.1. The average molecular weight is 353 g/mol. The van der Waals surface area contributed by atoms with Crippen LogP contribution < -0.4 is 10.6 Å². The predicted molar refractivity (Wildman–Crippen MR) is 96.9 cm³/mol. The van der Waals surface area contributed by atoms with Crippen molar-refractivity contribution < 1.29 is 18.8 Å². The number of benzene rings is 2. The van der Waals surface area contributed by atoms with Gasteiger partial charge in [-0.2, -0.15) is 0 Å². The normalized spacial score (nSPS) is 10.6. The summed E-state index contributed by atoms with van der Waals surface area (Å²) in [5.41, 5.74) is 1.63. The Kier molecular flexibility index (Phi) is 4.53. The van der Waals surface area contributed by atoms with Crippen LogP contribution in [0.3, 0.4) is 0 Å². The number of amides is 2. The SMILES string of the molecule is CC(=O)Nc1cccc(NC(=O)c2cn(C(C)=O)c3ccc(F)cc23)c1. The molecule has 0 unspecified atom stereocenters. The Morgan fingerprint density at radius 3 is 2.31 bits per heavy atom. The van der Waals surface area contributed by atoms with E-state index in [1.807, 2.05) is 0 Å². The standard InChI is InChI=1S/C19H16FN3O3/c1-11(24)21-14-4-3-5-15(9-14)22-19(26)17-10-23(12(2)25)18-7-6-13(20)8-16(17)18/h3-10H,1-2H3,(H,21,24)(H,22,26). The summed E-state index contributed by atoms with van der Waals surface area (Å²) in [5, 5.41) is 5.67. The van der Waals surface area contributed by atoms with Crippen molar-refractivity contribution in [1.29, 1.82) is 0 Å². The van der Waals surface area contributed by atoms with Crippen molar-refractivity contribution in [2.75, 3.05) is 10.6 Å². The summed E-state index contributed by atoms with van der Waals surface area (Å²) in [6.07, 6.45) is 1.39. The van der Waals surface area contributed by atoms with Crippen molar-refractivity contribution in [1.82, 2.24) is 4.57 Å². The van der Waals surface area contributed by atoms with Gasteiger partial charge in [0.15, 0.2) is 0 Å². The summed E-state index contributed by atoms with van der Waals surface area (Å²) in [7, 11) is 0. The van der Waals surface area contributed by atoms with Crippen molar-refractivity contribution in [2.45, 2.75) is 13.8 Å². The summed E-state index contributed by atoms with van der Waals surface area (Å²) in [6, 6.07) is 10.5. The second-order valence-electron chi connectivity index (χ2n) is 5.81. The van der Waals surface area contributed by atoms with Crippen molar-refractivity contribution >= 4 is 40.0 Å². The first-order valence-corrected chi connectivity index (χ1v) is 7.85. The lowest BCUT2D eigenvalue weighted by Crippen LogP contribution is -2.12. The fourth-order valence-corrected chi connectivity index (χ4v) is 2.72. The minimum absolute atomic E-state index is 0.180. The number of halogens is 1. The van der Waals surface area contributed by atoms with Crippen LogP contribution in [-0.4, -0.2) is 22.3 Å². The third-order valence-corrected chi connectivity index (χ3v) is 3.79. The van der Waals surface area contributed by atoms with E-state index in [1.165, 1.54) is 42.8 Å². The van der Waals surface area contributed by atoms with Gasteiger partial charge in [0, 0.05) is 36.8 Å². The third kappa shape index (κ3) is 3.46. The number of anilines is 2. The summed E-state index contributed by atoms with van der Waals surface area (Å²) in [4.78, 5) is 35.6. The van der Waals surface area contributed by atoms with Gasteiger partial charge in [-0.25, -0.2) is 4.39 Å². The van der Waals surface area contributed by atoms with E-state index < -0.39 is 11.7 Å². The maximum Gasteiger partial charge on any atom is 0.257 e. The zero-order valence-electron chi connectivity index (χ0n) is 14.2. The molecule has 2 N–H and O–H groups in total. The van der Waals surface area contributed by atoms with Crippen molar-refractivity contribution in [3.05, 3.63) is 60.0 Å². The molecular formula is C19H16FN3O3. The molecule has 2 aromatic carbocycles. The molecule has 1 heterocycles. The van der Waals surface area contributed by atoms with Crippen LogP contribution in [-0.2, 0) is 4.79 Å². The number of fused-ring (bicyclic) bond motifs is 1. The number of aromatic nitrogens is 1. The second kappa shape index (κ2) is 6.79. The lowest BCUT2D eigenvalue weighted by Gasteiger charge is -2.07. The highest BCUT2D eigenvalue weighted by Crippen LogP contribution is 2.24. The monoisotopic (exact) mass is 353 g/mol. The Bertz CT molecular complexity index is 1040. The molecule has 2 amide bonds. The van der Waals surface area contributed by atoms with E-state index in [1.54, 1.807) is 24.3 Å². The molecule has 0 atom stereocenters. The van der Waals surface area contributed by atoms with Crippen LogP contribution in [0.25, 0.3) is 10.9 Å². The van der Waals surface area contributed by atoms with Gasteiger partial charge in [-0.3, -0.25) is 19.0 Å². The van der Waals surface area contributed by atoms with Gasteiger partial charge in [-0.05, 0) is 36.4 Å². The van der Waals surface area contributed by atoms with E-state index in [0.29, 0.717) is 22.3 Å². The molecule has 0 spiro atoms. The number of nitrogens with one attached hydrogen (secondary N) is 2. The van der Waals surface area contributed by atoms with Crippen molar-refractivity contribution in [3.63, 3.8) is 0 Å². The molecule has 7 heteroatoms. The smallest absolute Gasteiger partial charge is 0.257 e. The molecule has 132 valence electrons. The summed E-state index contributed by atoms with van der Waals surface area (Å²) < 4.78 is 14.9. The highest BCUT2D eigenvalue weighted by molar-refractivity contribution is 6.14. The predicted octanol–water partition coefficient (Wildman–Crippen LogP) is 3.65. The van der Waals surface area contributed by atoms with Crippen LogP contribution in [0, 0.1) is 5.82 Å². The van der Waals surface area contributed by atoms with E-state index >= 15 is 0 Å². The molecule has 1 aromatic heterocycles. The fourth-order valence-electron chi connectivity index (χ4n) is 2.72. The summed E-state index contributed by atoms with van der Waals surface area (Å²) in [6.45, 7) is 2.75. The van der Waals surface area contributed by atoms with Crippen LogP contribution in [0.5, 0.6) is 0 Å². The van der Waals surface area contributed by atoms with Crippen molar-refractivity contribution in [2.24, 2.45) is 0 Å². The minimum atomic E-state index is -0.500. The van der Waals surface area contributed by atoms with Gasteiger partial charge in [0.2, 0.25) is 11.8 Å². The first-order chi connectivity index (χ1) is 12.3. The van der Waals surface area contributed by atoms with E-state index in [0.717, 1.165) is 0 Å². The van der Waals surface area contributed by atoms with Crippen LogP contribution in [0.2, 0.25) is 0 Å². The van der Waals surface area contributed by atoms with E-state index in [-0.39, 0.29) is 17.4 Å². The zero-order valence-corrected chi connectivity index (χ0v) is 14.2. The van der Waals surface area contributed by atoms with Gasteiger partial charge in [0.1, 0.15) is 5.82 Å². The maximum atomic E-state index is 13.6. The largest absolute Gasteiger partial charge is 0.326 e. The lowest BCUT2D eigenvalue weighted by molar-refractivity contribution is -0.114. The molecule has 0 saturated heterocycles. The van der Waals surface area contributed by atoms with Crippen LogP contribution in [0.4, 0.5) is 15.8 Å². The van der Waals surface area contributed by atoms with Crippen LogP contribution in [0.1, 0.15) is 29.0 Å². The molecular weight excluding hydrogens is 337 g/mol. The molecule has 3 aromatic rings. The molecule has 3 rings (SSSR count). The van der Waals surface area contributed by atoms with Gasteiger partial charge in [-0.1, -0.05) is 6.07 Å². The van der Waals surface area contributed by atoms with E-state index in [4.69, 9.17) is 0 Å². The van der Waals surface area contributed by atoms with Gasteiger partial charge < -0.3 is 10.6 Å². The highest BCUT2D eigenvalue weighted by Gasteiger charge is 2.17. The molecule has 0 bridgehead atoms. The zero-order chi connectivity index (χ0) is 18.8. The number of carbonyl (C=O) groups excluding carboxylic acids is 3. The minimum Gasteiger partial charge on any atom is -0.326 e. The number of rotatable bonds is 3. The molecule has 0 aliphatic rings.